The minimum absolute atomic E-state index is 0.0612. The lowest BCUT2D eigenvalue weighted by atomic mass is 9.95. The van der Waals surface area contributed by atoms with Crippen LogP contribution in [0.2, 0.25) is 5.02 Å². The van der Waals surface area contributed by atoms with E-state index < -0.39 is 23.5 Å². The molecule has 1 N–H and O–H groups in total. The predicted octanol–water partition coefficient (Wildman–Crippen LogP) is 5.72. The standard InChI is InChI=1S/C24H14ClFN2O3S/c25-15-8-4-7-14(11-15)20-19(21(29)13-5-2-1-3-6-13)22(30)23(31)28(20)24-27-17-10-9-16(26)12-18(17)32-24/h1-12,20,29H/b21-19+/t20-/m1/s1. The number of aromatic nitrogens is 1. The first-order valence-electron chi connectivity index (χ1n) is 9.62. The van der Waals surface area contributed by atoms with E-state index in [-0.39, 0.29) is 16.5 Å². The van der Waals surface area contributed by atoms with Crippen molar-refractivity contribution in [2.24, 2.45) is 0 Å². The molecule has 32 heavy (non-hydrogen) atoms. The normalized spacial score (nSPS) is 17.9. The number of hydrogen-bond acceptors (Lipinski definition) is 5. The van der Waals surface area contributed by atoms with Crippen LogP contribution in [-0.4, -0.2) is 21.8 Å². The summed E-state index contributed by atoms with van der Waals surface area (Å²) in [6.45, 7) is 0. The van der Waals surface area contributed by atoms with Gasteiger partial charge in [0, 0.05) is 10.6 Å². The summed E-state index contributed by atoms with van der Waals surface area (Å²) in [6.07, 6.45) is 0. The number of aliphatic hydroxyl groups is 1. The molecule has 1 aromatic heterocycles. The zero-order valence-corrected chi connectivity index (χ0v) is 17.9. The molecule has 0 saturated carbocycles. The number of fused-ring (bicyclic) bond motifs is 1. The highest BCUT2D eigenvalue weighted by atomic mass is 35.5. The highest BCUT2D eigenvalue weighted by molar-refractivity contribution is 7.22. The summed E-state index contributed by atoms with van der Waals surface area (Å²) >= 11 is 7.29. The Bertz CT molecular complexity index is 1420. The van der Waals surface area contributed by atoms with Crippen LogP contribution in [0.25, 0.3) is 16.0 Å². The SMILES string of the molecule is O=C1C(=O)N(c2nc3ccc(F)cc3s2)[C@H](c2cccc(Cl)c2)/C1=C(\O)c1ccccc1. The van der Waals surface area contributed by atoms with E-state index >= 15 is 0 Å². The van der Waals surface area contributed by atoms with Gasteiger partial charge in [-0.2, -0.15) is 0 Å². The molecule has 2 heterocycles. The van der Waals surface area contributed by atoms with Crippen molar-refractivity contribution >= 4 is 55.7 Å². The molecule has 0 aliphatic carbocycles. The molecule has 0 radical (unpaired) electrons. The highest BCUT2D eigenvalue weighted by Gasteiger charge is 2.48. The van der Waals surface area contributed by atoms with E-state index in [0.717, 1.165) is 11.3 Å². The number of ketones is 1. The third-order valence-corrected chi connectivity index (χ3v) is 6.45. The predicted molar refractivity (Wildman–Crippen MR) is 122 cm³/mol. The van der Waals surface area contributed by atoms with E-state index in [1.807, 2.05) is 0 Å². The van der Waals surface area contributed by atoms with Gasteiger partial charge in [0.25, 0.3) is 5.78 Å². The zero-order chi connectivity index (χ0) is 22.4. The summed E-state index contributed by atoms with van der Waals surface area (Å²) < 4.78 is 14.2. The van der Waals surface area contributed by atoms with Gasteiger partial charge in [-0.05, 0) is 35.9 Å². The summed E-state index contributed by atoms with van der Waals surface area (Å²) in [7, 11) is 0. The number of amides is 1. The number of carbonyl (C=O) groups excluding carboxylic acids is 2. The largest absolute Gasteiger partial charge is 0.507 e. The van der Waals surface area contributed by atoms with Gasteiger partial charge >= 0.3 is 5.91 Å². The third-order valence-electron chi connectivity index (χ3n) is 5.20. The van der Waals surface area contributed by atoms with Gasteiger partial charge in [-0.1, -0.05) is 65.4 Å². The maximum absolute atomic E-state index is 13.7. The van der Waals surface area contributed by atoms with E-state index in [9.17, 15) is 19.1 Å². The molecule has 1 amide bonds. The Kier molecular flexibility index (Phi) is 5.00. The molecule has 3 aromatic carbocycles. The number of hydrogen-bond donors (Lipinski definition) is 1. The fraction of sp³-hybridized carbons (Fsp3) is 0.0417. The van der Waals surface area contributed by atoms with Gasteiger partial charge < -0.3 is 5.11 Å². The summed E-state index contributed by atoms with van der Waals surface area (Å²) in [5.41, 5.74) is 1.39. The first-order chi connectivity index (χ1) is 15.4. The van der Waals surface area contributed by atoms with Crippen LogP contribution in [0.15, 0.2) is 78.4 Å². The van der Waals surface area contributed by atoms with Crippen molar-refractivity contribution in [1.82, 2.24) is 4.98 Å². The highest BCUT2D eigenvalue weighted by Crippen LogP contribution is 2.44. The summed E-state index contributed by atoms with van der Waals surface area (Å²) in [5.74, 6) is -2.37. The molecule has 4 aromatic rings. The lowest BCUT2D eigenvalue weighted by molar-refractivity contribution is -0.132. The second-order valence-corrected chi connectivity index (χ2v) is 8.64. The first kappa shape index (κ1) is 20.4. The van der Waals surface area contributed by atoms with Crippen LogP contribution in [0.1, 0.15) is 17.2 Å². The molecule has 0 spiro atoms. The van der Waals surface area contributed by atoms with Crippen LogP contribution < -0.4 is 4.90 Å². The minimum Gasteiger partial charge on any atom is -0.507 e. The number of thiazole rings is 1. The Morgan fingerprint density at radius 1 is 1.03 bits per heavy atom. The molecule has 1 saturated heterocycles. The molecule has 5 rings (SSSR count). The third kappa shape index (κ3) is 3.36. The van der Waals surface area contributed by atoms with Crippen molar-refractivity contribution in [3.63, 3.8) is 0 Å². The molecule has 158 valence electrons. The number of rotatable bonds is 3. The Balaban J connectivity index is 1.75. The van der Waals surface area contributed by atoms with Crippen molar-refractivity contribution in [2.75, 3.05) is 4.90 Å². The van der Waals surface area contributed by atoms with E-state index in [1.54, 1.807) is 54.6 Å². The minimum atomic E-state index is -0.945. The van der Waals surface area contributed by atoms with Crippen LogP contribution in [0.3, 0.4) is 0 Å². The van der Waals surface area contributed by atoms with Crippen molar-refractivity contribution in [3.05, 3.63) is 100 Å². The van der Waals surface area contributed by atoms with E-state index in [2.05, 4.69) is 4.98 Å². The molecule has 8 heteroatoms. The number of nitrogens with zero attached hydrogens (tertiary/aromatic N) is 2. The number of carbonyl (C=O) groups is 2. The van der Waals surface area contributed by atoms with Crippen LogP contribution in [-0.2, 0) is 9.59 Å². The monoisotopic (exact) mass is 464 g/mol. The average molecular weight is 465 g/mol. The lowest BCUT2D eigenvalue weighted by Crippen LogP contribution is -2.29. The van der Waals surface area contributed by atoms with Crippen LogP contribution in [0.4, 0.5) is 9.52 Å². The van der Waals surface area contributed by atoms with Gasteiger partial charge in [-0.3, -0.25) is 14.5 Å². The number of benzene rings is 3. The Hall–Kier alpha value is -3.55. The maximum atomic E-state index is 13.7. The molecule has 1 fully saturated rings. The van der Waals surface area contributed by atoms with Crippen molar-refractivity contribution < 1.29 is 19.1 Å². The summed E-state index contributed by atoms with van der Waals surface area (Å²) in [5, 5.41) is 11.7. The molecule has 1 atom stereocenters. The van der Waals surface area contributed by atoms with Gasteiger partial charge in [-0.25, -0.2) is 9.37 Å². The van der Waals surface area contributed by atoms with Gasteiger partial charge in [0.2, 0.25) is 0 Å². The zero-order valence-electron chi connectivity index (χ0n) is 16.3. The van der Waals surface area contributed by atoms with Crippen molar-refractivity contribution in [1.29, 1.82) is 0 Å². The van der Waals surface area contributed by atoms with Gasteiger partial charge in [-0.15, -0.1) is 0 Å². The van der Waals surface area contributed by atoms with E-state index in [0.29, 0.717) is 26.4 Å². The molecular weight excluding hydrogens is 451 g/mol. The van der Waals surface area contributed by atoms with Gasteiger partial charge in [0.1, 0.15) is 11.6 Å². The Labute approximate surface area is 191 Å². The fourth-order valence-electron chi connectivity index (χ4n) is 3.76. The average Bonchev–Trinajstić information content (AvgIpc) is 3.32. The van der Waals surface area contributed by atoms with Gasteiger partial charge in [0.05, 0.1) is 21.8 Å². The van der Waals surface area contributed by atoms with Crippen LogP contribution in [0.5, 0.6) is 0 Å². The van der Waals surface area contributed by atoms with Gasteiger partial charge in [0.15, 0.2) is 5.13 Å². The molecule has 1 aliphatic rings. The van der Waals surface area contributed by atoms with Crippen molar-refractivity contribution in [2.45, 2.75) is 6.04 Å². The lowest BCUT2D eigenvalue weighted by Gasteiger charge is -2.23. The molecule has 0 unspecified atom stereocenters. The van der Waals surface area contributed by atoms with E-state index in [4.69, 9.17) is 11.6 Å². The number of anilines is 1. The molecule has 5 nitrogen and oxygen atoms in total. The first-order valence-corrected chi connectivity index (χ1v) is 10.8. The molecule has 1 aliphatic heterocycles. The molecule has 0 bridgehead atoms. The second kappa shape index (κ2) is 7.85. The topological polar surface area (TPSA) is 70.5 Å². The quantitative estimate of drug-likeness (QED) is 0.239. The Morgan fingerprint density at radius 2 is 1.81 bits per heavy atom. The smallest absolute Gasteiger partial charge is 0.301 e. The number of Topliss-reactive ketones (excluding diaryl/α,β-unsaturated/α-hetero) is 1. The number of halogens is 2. The van der Waals surface area contributed by atoms with Crippen molar-refractivity contribution in [3.8, 4) is 0 Å². The van der Waals surface area contributed by atoms with Crippen LogP contribution in [0, 0.1) is 5.82 Å². The second-order valence-electron chi connectivity index (χ2n) is 7.20. The summed E-state index contributed by atoms with van der Waals surface area (Å²) in [4.78, 5) is 32.0. The molecular formula is C24H14ClFN2O3S. The Morgan fingerprint density at radius 3 is 2.56 bits per heavy atom. The fourth-order valence-corrected chi connectivity index (χ4v) is 4.98. The van der Waals surface area contributed by atoms with Crippen LogP contribution >= 0.6 is 22.9 Å². The summed E-state index contributed by atoms with van der Waals surface area (Å²) in [6, 6.07) is 18.4. The maximum Gasteiger partial charge on any atom is 0.301 e. The van der Waals surface area contributed by atoms with E-state index in [1.165, 1.54) is 23.1 Å². The number of aliphatic hydroxyl groups excluding tert-OH is 1.